The second-order valence-corrected chi connectivity index (χ2v) is 6.88. The third kappa shape index (κ3) is 3.50. The van der Waals surface area contributed by atoms with Gasteiger partial charge in [-0.2, -0.15) is 0 Å². The third-order valence-corrected chi connectivity index (χ3v) is 4.58. The van der Waals surface area contributed by atoms with Gasteiger partial charge in [0.05, 0.1) is 14.7 Å². The number of amides is 1. The van der Waals surface area contributed by atoms with Crippen molar-refractivity contribution in [2.45, 2.75) is 13.5 Å². The molecule has 0 aliphatic heterocycles. The van der Waals surface area contributed by atoms with Crippen molar-refractivity contribution in [3.8, 4) is 0 Å². The molecule has 0 bridgehead atoms. The molecule has 0 spiro atoms. The molecule has 0 fully saturated rings. The van der Waals surface area contributed by atoms with E-state index in [1.165, 1.54) is 24.1 Å². The number of hydrogen-bond acceptors (Lipinski definition) is 4. The fourth-order valence-electron chi connectivity index (χ4n) is 1.94. The topological polar surface area (TPSA) is 63.5 Å². The Labute approximate surface area is 138 Å². The number of nitro groups is 1. The Morgan fingerprint density at radius 1 is 1.45 bits per heavy atom. The van der Waals surface area contributed by atoms with Gasteiger partial charge in [-0.25, -0.2) is 4.39 Å². The Kier molecular flexibility index (Phi) is 4.92. The first-order valence-electron chi connectivity index (χ1n) is 6.24. The summed E-state index contributed by atoms with van der Waals surface area (Å²) in [5.41, 5.74) is 0.295. The standard InChI is InChI=1S/C14H12BrFN2O3S/c1-8-12(18(20)21)6-13(22-8)14(19)17(2)7-9-5-10(15)3-4-11(9)16/h3-6H,7H2,1-2H3. The molecule has 0 aliphatic rings. The van der Waals surface area contributed by atoms with Crippen LogP contribution >= 0.6 is 27.3 Å². The lowest BCUT2D eigenvalue weighted by Crippen LogP contribution is -2.25. The van der Waals surface area contributed by atoms with Crippen molar-refractivity contribution in [1.29, 1.82) is 0 Å². The van der Waals surface area contributed by atoms with Crippen LogP contribution in [0.25, 0.3) is 0 Å². The van der Waals surface area contributed by atoms with Gasteiger partial charge in [0.2, 0.25) is 0 Å². The molecule has 22 heavy (non-hydrogen) atoms. The van der Waals surface area contributed by atoms with Crippen LogP contribution in [-0.2, 0) is 6.54 Å². The van der Waals surface area contributed by atoms with E-state index in [-0.39, 0.29) is 23.0 Å². The molecular weight excluding hydrogens is 375 g/mol. The Morgan fingerprint density at radius 2 is 2.14 bits per heavy atom. The Bertz CT molecular complexity index is 748. The van der Waals surface area contributed by atoms with Gasteiger partial charge in [-0.3, -0.25) is 14.9 Å². The first-order chi connectivity index (χ1) is 10.3. The summed E-state index contributed by atoms with van der Waals surface area (Å²) in [7, 11) is 1.53. The summed E-state index contributed by atoms with van der Waals surface area (Å²) in [4.78, 5) is 24.7. The van der Waals surface area contributed by atoms with Crippen molar-refractivity contribution in [2.24, 2.45) is 0 Å². The molecule has 0 saturated carbocycles. The number of nitrogens with zero attached hydrogens (tertiary/aromatic N) is 2. The van der Waals surface area contributed by atoms with Gasteiger partial charge in [-0.1, -0.05) is 15.9 Å². The van der Waals surface area contributed by atoms with Gasteiger partial charge < -0.3 is 4.90 Å². The lowest BCUT2D eigenvalue weighted by atomic mass is 10.2. The number of aryl methyl sites for hydroxylation is 1. The van der Waals surface area contributed by atoms with E-state index in [1.54, 1.807) is 19.1 Å². The molecule has 5 nitrogen and oxygen atoms in total. The summed E-state index contributed by atoms with van der Waals surface area (Å²) in [6.07, 6.45) is 0. The Hall–Kier alpha value is -1.80. The van der Waals surface area contributed by atoms with E-state index in [0.29, 0.717) is 14.9 Å². The maximum absolute atomic E-state index is 13.7. The lowest BCUT2D eigenvalue weighted by Gasteiger charge is -2.16. The number of halogens is 2. The number of carbonyl (C=O) groups excluding carboxylic acids is 1. The van der Waals surface area contributed by atoms with Crippen LogP contribution in [0.3, 0.4) is 0 Å². The summed E-state index contributed by atoms with van der Waals surface area (Å²) < 4.78 is 14.4. The van der Waals surface area contributed by atoms with Gasteiger partial charge in [0, 0.05) is 29.7 Å². The molecule has 0 unspecified atom stereocenters. The van der Waals surface area contributed by atoms with E-state index in [1.807, 2.05) is 0 Å². The third-order valence-electron chi connectivity index (χ3n) is 3.06. The van der Waals surface area contributed by atoms with Gasteiger partial charge >= 0.3 is 0 Å². The zero-order chi connectivity index (χ0) is 16.4. The van der Waals surface area contributed by atoms with Crippen LogP contribution in [-0.4, -0.2) is 22.8 Å². The highest BCUT2D eigenvalue weighted by Gasteiger charge is 2.22. The van der Waals surface area contributed by atoms with Crippen LogP contribution < -0.4 is 0 Å². The number of hydrogen-bond donors (Lipinski definition) is 0. The van der Waals surface area contributed by atoms with E-state index in [0.717, 1.165) is 11.3 Å². The second-order valence-electron chi connectivity index (χ2n) is 4.71. The van der Waals surface area contributed by atoms with E-state index >= 15 is 0 Å². The summed E-state index contributed by atoms with van der Waals surface area (Å²) in [6, 6.07) is 5.75. The first kappa shape index (κ1) is 16.6. The highest BCUT2D eigenvalue weighted by molar-refractivity contribution is 9.10. The van der Waals surface area contributed by atoms with Crippen molar-refractivity contribution < 1.29 is 14.1 Å². The van der Waals surface area contributed by atoms with Gasteiger partial charge in [-0.15, -0.1) is 11.3 Å². The zero-order valence-electron chi connectivity index (χ0n) is 11.8. The lowest BCUT2D eigenvalue weighted by molar-refractivity contribution is -0.385. The minimum Gasteiger partial charge on any atom is -0.337 e. The van der Waals surface area contributed by atoms with Crippen LogP contribution in [0, 0.1) is 22.9 Å². The fraction of sp³-hybridized carbons (Fsp3) is 0.214. The predicted molar refractivity (Wildman–Crippen MR) is 85.6 cm³/mol. The molecule has 1 heterocycles. The van der Waals surface area contributed by atoms with Crippen molar-refractivity contribution in [3.63, 3.8) is 0 Å². The molecule has 116 valence electrons. The maximum Gasteiger partial charge on any atom is 0.283 e. The average molecular weight is 387 g/mol. The molecule has 1 aromatic carbocycles. The van der Waals surface area contributed by atoms with E-state index in [4.69, 9.17) is 0 Å². The van der Waals surface area contributed by atoms with Gasteiger partial charge in [-0.05, 0) is 25.1 Å². The molecule has 0 atom stereocenters. The SMILES string of the molecule is Cc1sc(C(=O)N(C)Cc2cc(Br)ccc2F)cc1[N+](=O)[O-]. The monoisotopic (exact) mass is 386 g/mol. The van der Waals surface area contributed by atoms with Crippen LogP contribution in [0.15, 0.2) is 28.7 Å². The van der Waals surface area contributed by atoms with Crippen molar-refractivity contribution in [3.05, 3.63) is 60.0 Å². The van der Waals surface area contributed by atoms with Gasteiger partial charge in [0.1, 0.15) is 5.82 Å². The Balaban J connectivity index is 2.20. The highest BCUT2D eigenvalue weighted by atomic mass is 79.9. The summed E-state index contributed by atoms with van der Waals surface area (Å²) >= 11 is 4.32. The van der Waals surface area contributed by atoms with Crippen LogP contribution in [0.1, 0.15) is 20.1 Å². The van der Waals surface area contributed by atoms with Crippen molar-refractivity contribution >= 4 is 38.9 Å². The second kappa shape index (κ2) is 6.53. The Morgan fingerprint density at radius 3 is 2.73 bits per heavy atom. The van der Waals surface area contributed by atoms with Crippen LogP contribution in [0.5, 0.6) is 0 Å². The predicted octanol–water partition coefficient (Wildman–Crippen LogP) is 4.14. The normalized spacial score (nSPS) is 10.5. The van der Waals surface area contributed by atoms with Gasteiger partial charge in [0.25, 0.3) is 11.6 Å². The number of benzene rings is 1. The molecule has 8 heteroatoms. The number of thiophene rings is 1. The molecule has 1 aromatic heterocycles. The molecule has 1 amide bonds. The molecule has 0 aliphatic carbocycles. The fourth-order valence-corrected chi connectivity index (χ4v) is 3.33. The minimum absolute atomic E-state index is 0.0737. The summed E-state index contributed by atoms with van der Waals surface area (Å²) in [6.45, 7) is 1.67. The van der Waals surface area contributed by atoms with Crippen molar-refractivity contribution in [2.75, 3.05) is 7.05 Å². The summed E-state index contributed by atoms with van der Waals surface area (Å²) in [5.74, 6) is -0.781. The largest absolute Gasteiger partial charge is 0.337 e. The smallest absolute Gasteiger partial charge is 0.283 e. The first-order valence-corrected chi connectivity index (χ1v) is 7.84. The maximum atomic E-state index is 13.7. The molecule has 2 rings (SSSR count). The molecule has 2 aromatic rings. The highest BCUT2D eigenvalue weighted by Crippen LogP contribution is 2.29. The van der Waals surface area contributed by atoms with Crippen LogP contribution in [0.4, 0.5) is 10.1 Å². The average Bonchev–Trinajstić information content (AvgIpc) is 2.84. The summed E-state index contributed by atoms with van der Waals surface area (Å²) in [5, 5.41) is 10.8. The van der Waals surface area contributed by atoms with Crippen LogP contribution in [0.2, 0.25) is 0 Å². The number of carbonyl (C=O) groups is 1. The van der Waals surface area contributed by atoms with E-state index < -0.39 is 10.7 Å². The minimum atomic E-state index is -0.517. The molecular formula is C14H12BrFN2O3S. The zero-order valence-corrected chi connectivity index (χ0v) is 14.2. The van der Waals surface area contributed by atoms with Gasteiger partial charge in [0.15, 0.2) is 0 Å². The number of rotatable bonds is 4. The molecule has 0 N–H and O–H groups in total. The van der Waals surface area contributed by atoms with E-state index in [9.17, 15) is 19.3 Å². The quantitative estimate of drug-likeness (QED) is 0.585. The molecule has 0 saturated heterocycles. The van der Waals surface area contributed by atoms with Crippen molar-refractivity contribution in [1.82, 2.24) is 4.90 Å². The molecule has 0 radical (unpaired) electrons. The van der Waals surface area contributed by atoms with E-state index in [2.05, 4.69) is 15.9 Å².